The van der Waals surface area contributed by atoms with Crippen molar-refractivity contribution in [3.63, 3.8) is 0 Å². The van der Waals surface area contributed by atoms with E-state index in [1.807, 2.05) is 19.1 Å². The van der Waals surface area contributed by atoms with E-state index < -0.39 is 0 Å². The van der Waals surface area contributed by atoms with Crippen LogP contribution in [0.25, 0.3) is 0 Å². The molecule has 1 fully saturated rings. The molecule has 0 radical (unpaired) electrons. The van der Waals surface area contributed by atoms with E-state index in [-0.39, 0.29) is 5.75 Å². The lowest BCUT2D eigenvalue weighted by molar-refractivity contribution is 0.0264. The van der Waals surface area contributed by atoms with Crippen LogP contribution in [0.4, 0.5) is 0 Å². The van der Waals surface area contributed by atoms with Crippen LogP contribution in [0.1, 0.15) is 32.3 Å². The summed E-state index contributed by atoms with van der Waals surface area (Å²) in [6.45, 7) is 8.31. The van der Waals surface area contributed by atoms with Crippen molar-refractivity contribution in [3.8, 4) is 11.5 Å². The van der Waals surface area contributed by atoms with E-state index in [1.54, 1.807) is 13.2 Å². The third kappa shape index (κ3) is 5.81. The molecule has 6 nitrogen and oxygen atoms in total. The fourth-order valence-electron chi connectivity index (χ4n) is 3.06. The normalized spacial score (nSPS) is 16.1. The van der Waals surface area contributed by atoms with Gasteiger partial charge in [0.2, 0.25) is 0 Å². The van der Waals surface area contributed by atoms with Gasteiger partial charge in [-0.25, -0.2) is 0 Å². The van der Waals surface area contributed by atoms with Crippen LogP contribution in [-0.2, 0) is 11.2 Å². The highest BCUT2D eigenvalue weighted by Gasteiger charge is 2.21. The lowest BCUT2D eigenvalue weighted by atomic mass is 10.1. The molecule has 0 saturated carbocycles. The molecule has 1 aromatic rings. The Hall–Kier alpha value is -1.95. The van der Waals surface area contributed by atoms with Crippen LogP contribution < -0.4 is 10.1 Å². The van der Waals surface area contributed by atoms with E-state index in [2.05, 4.69) is 17.1 Å². The Labute approximate surface area is 150 Å². The lowest BCUT2D eigenvalue weighted by Crippen LogP contribution is -2.47. The van der Waals surface area contributed by atoms with E-state index >= 15 is 0 Å². The van der Waals surface area contributed by atoms with Crippen LogP contribution in [0.3, 0.4) is 0 Å². The first-order valence-electron chi connectivity index (χ1n) is 9.18. The van der Waals surface area contributed by atoms with Crippen molar-refractivity contribution in [2.45, 2.75) is 39.2 Å². The smallest absolute Gasteiger partial charge is 0.193 e. The lowest BCUT2D eigenvalue weighted by Gasteiger charge is -2.34. The van der Waals surface area contributed by atoms with Crippen LogP contribution in [0.2, 0.25) is 0 Å². The molecule has 2 N–H and O–H groups in total. The maximum Gasteiger partial charge on any atom is 0.193 e. The van der Waals surface area contributed by atoms with Crippen LogP contribution in [-0.4, -0.2) is 62.0 Å². The number of ether oxygens (including phenoxy) is 2. The fourth-order valence-corrected chi connectivity index (χ4v) is 3.06. The average Bonchev–Trinajstić information content (AvgIpc) is 2.63. The van der Waals surface area contributed by atoms with Crippen LogP contribution in [0.5, 0.6) is 11.5 Å². The van der Waals surface area contributed by atoms with Crippen molar-refractivity contribution in [2.24, 2.45) is 4.99 Å². The van der Waals surface area contributed by atoms with Gasteiger partial charge in [0.25, 0.3) is 0 Å². The Morgan fingerprint density at radius 1 is 1.32 bits per heavy atom. The summed E-state index contributed by atoms with van der Waals surface area (Å²) >= 11 is 0. The number of likely N-dealkylation sites (tertiary alicyclic amines) is 1. The van der Waals surface area contributed by atoms with E-state index in [0.29, 0.717) is 24.8 Å². The summed E-state index contributed by atoms with van der Waals surface area (Å²) in [5.74, 6) is 1.87. The Morgan fingerprint density at radius 2 is 2.08 bits per heavy atom. The minimum Gasteiger partial charge on any atom is -0.508 e. The second kappa shape index (κ2) is 10.1. The molecule has 0 unspecified atom stereocenters. The van der Waals surface area contributed by atoms with Crippen LogP contribution in [0, 0.1) is 0 Å². The average molecular weight is 349 g/mol. The number of phenolic OH excluding ortho intramolecular Hbond substituents is 1. The number of rotatable bonds is 7. The molecule has 1 heterocycles. The number of piperidine rings is 1. The van der Waals surface area contributed by atoms with Gasteiger partial charge >= 0.3 is 0 Å². The highest BCUT2D eigenvalue weighted by atomic mass is 16.5. The quantitative estimate of drug-likeness (QED) is 0.584. The first-order chi connectivity index (χ1) is 12.2. The van der Waals surface area contributed by atoms with Crippen molar-refractivity contribution in [1.29, 1.82) is 0 Å². The number of hydrogen-bond donors (Lipinski definition) is 2. The molecule has 0 bridgehead atoms. The molecule has 1 aliphatic heterocycles. The zero-order chi connectivity index (χ0) is 18.1. The molecule has 0 spiro atoms. The highest BCUT2D eigenvalue weighted by Crippen LogP contribution is 2.23. The van der Waals surface area contributed by atoms with E-state index in [0.717, 1.165) is 50.6 Å². The van der Waals surface area contributed by atoms with Gasteiger partial charge in [0.1, 0.15) is 11.5 Å². The Bertz CT molecular complexity index is 555. The highest BCUT2D eigenvalue weighted by molar-refractivity contribution is 5.80. The summed E-state index contributed by atoms with van der Waals surface area (Å²) in [4.78, 5) is 7.03. The number of benzene rings is 1. The fraction of sp³-hybridized carbons (Fsp3) is 0.632. The van der Waals surface area contributed by atoms with Crippen molar-refractivity contribution in [2.75, 3.05) is 39.9 Å². The monoisotopic (exact) mass is 349 g/mol. The molecule has 1 aromatic carbocycles. The third-order valence-electron chi connectivity index (χ3n) is 4.41. The number of hydrogen-bond acceptors (Lipinski definition) is 4. The number of aromatic hydroxyl groups is 1. The Kier molecular flexibility index (Phi) is 7.85. The van der Waals surface area contributed by atoms with Crippen LogP contribution >= 0.6 is 0 Å². The standard InChI is InChI=1S/C19H31N3O3/c1-4-20-19(22-12-9-16(10-13-22)25-5-2)21-11-8-15-6-7-17(24-3)14-18(15)23/h6-7,14,16,23H,4-5,8-13H2,1-3H3,(H,20,21). The number of guanidine groups is 1. The van der Waals surface area contributed by atoms with Gasteiger partial charge in [-0.05, 0) is 44.7 Å². The minimum atomic E-state index is 0.261. The number of methoxy groups -OCH3 is 1. The van der Waals surface area contributed by atoms with Gasteiger partial charge in [0.15, 0.2) is 5.96 Å². The molecule has 0 atom stereocenters. The van der Waals surface area contributed by atoms with E-state index in [4.69, 9.17) is 14.5 Å². The minimum absolute atomic E-state index is 0.261. The molecule has 0 amide bonds. The second-order valence-corrected chi connectivity index (χ2v) is 6.12. The zero-order valence-corrected chi connectivity index (χ0v) is 15.6. The largest absolute Gasteiger partial charge is 0.508 e. The zero-order valence-electron chi connectivity index (χ0n) is 15.6. The first-order valence-corrected chi connectivity index (χ1v) is 9.18. The predicted octanol–water partition coefficient (Wildman–Crippen LogP) is 2.41. The predicted molar refractivity (Wildman–Crippen MR) is 101 cm³/mol. The van der Waals surface area contributed by atoms with Gasteiger partial charge in [0, 0.05) is 38.9 Å². The van der Waals surface area contributed by atoms with Gasteiger partial charge in [-0.1, -0.05) is 6.07 Å². The molecule has 1 saturated heterocycles. The maximum absolute atomic E-state index is 10.1. The van der Waals surface area contributed by atoms with Crippen molar-refractivity contribution < 1.29 is 14.6 Å². The molecule has 0 aromatic heterocycles. The number of aliphatic imine (C=N–C) groups is 1. The van der Waals surface area contributed by atoms with Gasteiger partial charge < -0.3 is 24.8 Å². The first kappa shape index (κ1) is 19.4. The van der Waals surface area contributed by atoms with Gasteiger partial charge in [-0.2, -0.15) is 0 Å². The number of phenols is 1. The molecule has 2 rings (SSSR count). The molecule has 25 heavy (non-hydrogen) atoms. The molecule has 0 aliphatic carbocycles. The SMILES string of the molecule is CCNC(=NCCc1ccc(OC)cc1O)N1CCC(OCC)CC1. The second-order valence-electron chi connectivity index (χ2n) is 6.12. The maximum atomic E-state index is 10.1. The Balaban J connectivity index is 1.91. The van der Waals surface area contributed by atoms with Crippen molar-refractivity contribution in [1.82, 2.24) is 10.2 Å². The molecular formula is C19H31N3O3. The van der Waals surface area contributed by atoms with E-state index in [1.165, 1.54) is 0 Å². The van der Waals surface area contributed by atoms with Crippen molar-refractivity contribution in [3.05, 3.63) is 23.8 Å². The number of nitrogens with zero attached hydrogens (tertiary/aromatic N) is 2. The van der Waals surface area contributed by atoms with Crippen LogP contribution in [0.15, 0.2) is 23.2 Å². The van der Waals surface area contributed by atoms with Gasteiger partial charge in [-0.15, -0.1) is 0 Å². The summed E-state index contributed by atoms with van der Waals surface area (Å²) in [6.07, 6.45) is 3.15. The third-order valence-corrected chi connectivity index (χ3v) is 4.41. The molecule has 1 aliphatic rings. The van der Waals surface area contributed by atoms with Gasteiger partial charge in [-0.3, -0.25) is 4.99 Å². The van der Waals surface area contributed by atoms with Gasteiger partial charge in [0.05, 0.1) is 13.2 Å². The summed E-state index contributed by atoms with van der Waals surface area (Å²) < 4.78 is 10.8. The molecule has 140 valence electrons. The van der Waals surface area contributed by atoms with E-state index in [9.17, 15) is 5.11 Å². The number of nitrogens with one attached hydrogen (secondary N) is 1. The molecular weight excluding hydrogens is 318 g/mol. The Morgan fingerprint density at radius 3 is 2.68 bits per heavy atom. The summed E-state index contributed by atoms with van der Waals surface area (Å²) in [5, 5.41) is 13.4. The van der Waals surface area contributed by atoms with Crippen molar-refractivity contribution >= 4 is 5.96 Å². The molecule has 6 heteroatoms. The summed E-state index contributed by atoms with van der Waals surface area (Å²) in [7, 11) is 1.59. The summed E-state index contributed by atoms with van der Waals surface area (Å²) in [6, 6.07) is 5.40. The topological polar surface area (TPSA) is 66.3 Å². The summed E-state index contributed by atoms with van der Waals surface area (Å²) in [5.41, 5.74) is 0.885.